The number of nitrogens with zero attached hydrogens (tertiary/aromatic N) is 1. The maximum Gasteiger partial charge on any atom is 0.143 e. The quantitative estimate of drug-likeness (QED) is 0.935. The molecule has 0 saturated heterocycles. The number of benzene rings is 1. The van der Waals surface area contributed by atoms with Gasteiger partial charge in [-0.15, -0.1) is 0 Å². The molecule has 0 atom stereocenters. The van der Waals surface area contributed by atoms with E-state index >= 15 is 0 Å². The maximum absolute atomic E-state index is 6.13. The molecule has 0 fully saturated rings. The van der Waals surface area contributed by atoms with Gasteiger partial charge >= 0.3 is 0 Å². The Morgan fingerprint density at radius 3 is 2.74 bits per heavy atom. The Bertz CT molecular complexity index is 588. The van der Waals surface area contributed by atoms with Gasteiger partial charge in [0.15, 0.2) is 0 Å². The summed E-state index contributed by atoms with van der Waals surface area (Å²) in [7, 11) is 0. The van der Waals surface area contributed by atoms with Gasteiger partial charge in [0.05, 0.1) is 10.7 Å². The van der Waals surface area contributed by atoms with Gasteiger partial charge in [-0.3, -0.25) is 4.98 Å². The Hall–Kier alpha value is -1.29. The van der Waals surface area contributed by atoms with Gasteiger partial charge in [0.2, 0.25) is 0 Å². The van der Waals surface area contributed by atoms with Gasteiger partial charge in [0.1, 0.15) is 12.4 Å². The fourth-order valence-corrected chi connectivity index (χ4v) is 2.34. The lowest BCUT2D eigenvalue weighted by Crippen LogP contribution is -2.04. The average molecular weight is 297 g/mol. The molecule has 100 valence electrons. The van der Waals surface area contributed by atoms with Crippen LogP contribution in [-0.4, -0.2) is 4.98 Å². The van der Waals surface area contributed by atoms with Crippen molar-refractivity contribution in [2.45, 2.75) is 20.1 Å². The van der Waals surface area contributed by atoms with Crippen LogP contribution in [0.2, 0.25) is 10.0 Å². The van der Waals surface area contributed by atoms with Crippen molar-refractivity contribution in [3.05, 3.63) is 57.3 Å². The summed E-state index contributed by atoms with van der Waals surface area (Å²) in [5.74, 6) is 0.567. The number of aromatic nitrogens is 1. The number of pyridine rings is 1. The number of nitrogens with two attached hydrogens (primary N) is 1. The van der Waals surface area contributed by atoms with Crippen LogP contribution in [0.4, 0.5) is 0 Å². The summed E-state index contributed by atoms with van der Waals surface area (Å²) >= 11 is 12.1. The van der Waals surface area contributed by atoms with Crippen LogP contribution in [0.25, 0.3) is 0 Å². The molecule has 0 amide bonds. The largest absolute Gasteiger partial charge is 0.485 e. The monoisotopic (exact) mass is 296 g/mol. The van der Waals surface area contributed by atoms with Crippen molar-refractivity contribution < 1.29 is 4.74 Å². The first-order chi connectivity index (χ1) is 9.10. The molecule has 2 aromatic rings. The zero-order chi connectivity index (χ0) is 13.8. The molecule has 5 heteroatoms. The van der Waals surface area contributed by atoms with Gasteiger partial charge in [-0.05, 0) is 31.2 Å². The molecule has 0 spiro atoms. The van der Waals surface area contributed by atoms with Crippen molar-refractivity contribution in [3.8, 4) is 5.75 Å². The van der Waals surface area contributed by atoms with E-state index in [9.17, 15) is 0 Å². The molecule has 19 heavy (non-hydrogen) atoms. The van der Waals surface area contributed by atoms with Gasteiger partial charge < -0.3 is 10.5 Å². The van der Waals surface area contributed by atoms with Gasteiger partial charge in [-0.1, -0.05) is 29.3 Å². The van der Waals surface area contributed by atoms with E-state index in [2.05, 4.69) is 4.98 Å². The Morgan fingerprint density at radius 1 is 1.26 bits per heavy atom. The van der Waals surface area contributed by atoms with Crippen molar-refractivity contribution in [1.29, 1.82) is 0 Å². The van der Waals surface area contributed by atoms with E-state index in [4.69, 9.17) is 33.7 Å². The Balaban J connectivity index is 2.19. The fraction of sp³-hybridized carbons (Fsp3) is 0.214. The van der Waals surface area contributed by atoms with Crippen LogP contribution in [0.5, 0.6) is 5.75 Å². The van der Waals surface area contributed by atoms with Crippen LogP contribution in [0.15, 0.2) is 30.3 Å². The van der Waals surface area contributed by atoms with E-state index in [1.807, 2.05) is 25.1 Å². The summed E-state index contributed by atoms with van der Waals surface area (Å²) in [4.78, 5) is 4.37. The van der Waals surface area contributed by atoms with E-state index in [1.54, 1.807) is 12.1 Å². The summed E-state index contributed by atoms with van der Waals surface area (Å²) in [5.41, 5.74) is 8.24. The summed E-state index contributed by atoms with van der Waals surface area (Å²) in [6, 6.07) is 9.17. The van der Waals surface area contributed by atoms with Crippen LogP contribution in [0.1, 0.15) is 17.0 Å². The Morgan fingerprint density at radius 2 is 2.05 bits per heavy atom. The van der Waals surface area contributed by atoms with E-state index in [0.717, 1.165) is 17.0 Å². The highest BCUT2D eigenvalue weighted by atomic mass is 35.5. The zero-order valence-electron chi connectivity index (χ0n) is 10.5. The smallest absolute Gasteiger partial charge is 0.143 e. The highest BCUT2D eigenvalue weighted by molar-refractivity contribution is 6.35. The molecule has 0 unspecified atom stereocenters. The summed E-state index contributed by atoms with van der Waals surface area (Å²) < 4.78 is 5.72. The Labute approximate surface area is 122 Å². The van der Waals surface area contributed by atoms with Crippen molar-refractivity contribution in [2.75, 3.05) is 0 Å². The molecule has 0 aliphatic heterocycles. The first-order valence-corrected chi connectivity index (χ1v) is 6.59. The number of aryl methyl sites for hydroxylation is 1. The summed E-state index contributed by atoms with van der Waals surface area (Å²) in [6.45, 7) is 2.59. The van der Waals surface area contributed by atoms with Crippen LogP contribution in [-0.2, 0) is 13.2 Å². The maximum atomic E-state index is 6.13. The first kappa shape index (κ1) is 14.1. The normalized spacial score (nSPS) is 10.5. The third-order valence-corrected chi connectivity index (χ3v) is 3.11. The minimum atomic E-state index is 0.316. The average Bonchev–Trinajstić information content (AvgIpc) is 2.37. The molecule has 1 heterocycles. The number of ether oxygens (including phenoxy) is 1. The summed E-state index contributed by atoms with van der Waals surface area (Å²) in [5, 5.41) is 1.01. The molecule has 0 aliphatic carbocycles. The lowest BCUT2D eigenvalue weighted by Gasteiger charge is -2.12. The van der Waals surface area contributed by atoms with E-state index < -0.39 is 0 Å². The van der Waals surface area contributed by atoms with Gasteiger partial charge in [0.25, 0.3) is 0 Å². The Kier molecular flexibility index (Phi) is 4.64. The first-order valence-electron chi connectivity index (χ1n) is 5.83. The molecule has 3 nitrogen and oxygen atoms in total. The van der Waals surface area contributed by atoms with Crippen molar-refractivity contribution in [3.63, 3.8) is 0 Å². The number of hydrogen-bond donors (Lipinski definition) is 1. The van der Waals surface area contributed by atoms with Gasteiger partial charge in [0, 0.05) is 22.8 Å². The second kappa shape index (κ2) is 6.24. The van der Waals surface area contributed by atoms with Crippen molar-refractivity contribution in [1.82, 2.24) is 4.98 Å². The molecule has 1 aromatic carbocycles. The second-order valence-electron chi connectivity index (χ2n) is 4.14. The van der Waals surface area contributed by atoms with Gasteiger partial charge in [-0.25, -0.2) is 0 Å². The lowest BCUT2D eigenvalue weighted by molar-refractivity contribution is 0.298. The van der Waals surface area contributed by atoms with E-state index in [-0.39, 0.29) is 0 Å². The molecule has 1 aromatic heterocycles. The number of rotatable bonds is 4. The number of hydrogen-bond acceptors (Lipinski definition) is 3. The molecule has 0 radical (unpaired) electrons. The minimum Gasteiger partial charge on any atom is -0.485 e. The summed E-state index contributed by atoms with van der Waals surface area (Å²) in [6.07, 6.45) is 0. The second-order valence-corrected chi connectivity index (χ2v) is 4.98. The van der Waals surface area contributed by atoms with Crippen LogP contribution in [0, 0.1) is 6.92 Å². The third-order valence-electron chi connectivity index (χ3n) is 2.62. The van der Waals surface area contributed by atoms with Gasteiger partial charge in [-0.2, -0.15) is 0 Å². The molecule has 2 N–H and O–H groups in total. The van der Waals surface area contributed by atoms with E-state index in [1.165, 1.54) is 0 Å². The molecule has 0 aliphatic rings. The molecular formula is C14H14Cl2N2O. The fourth-order valence-electron chi connectivity index (χ4n) is 1.75. The molecule has 2 rings (SSSR count). The minimum absolute atomic E-state index is 0.316. The third kappa shape index (κ3) is 3.60. The predicted octanol–water partition coefficient (Wildman–Crippen LogP) is 3.73. The SMILES string of the molecule is Cc1cccc(COc2c(Cl)cc(Cl)cc2CN)n1. The van der Waals surface area contributed by atoms with Crippen LogP contribution in [0.3, 0.4) is 0 Å². The predicted molar refractivity (Wildman–Crippen MR) is 77.7 cm³/mol. The van der Waals surface area contributed by atoms with Crippen molar-refractivity contribution in [2.24, 2.45) is 5.73 Å². The number of halogens is 2. The highest BCUT2D eigenvalue weighted by Gasteiger charge is 2.10. The molecule has 0 saturated carbocycles. The zero-order valence-corrected chi connectivity index (χ0v) is 12.0. The van der Waals surface area contributed by atoms with E-state index in [0.29, 0.717) is 28.9 Å². The van der Waals surface area contributed by atoms with Crippen LogP contribution < -0.4 is 10.5 Å². The lowest BCUT2D eigenvalue weighted by atomic mass is 10.2. The van der Waals surface area contributed by atoms with Crippen LogP contribution >= 0.6 is 23.2 Å². The topological polar surface area (TPSA) is 48.1 Å². The standard InChI is InChI=1S/C14H14Cl2N2O/c1-9-3-2-4-12(18-9)8-19-14-10(7-17)5-11(15)6-13(14)16/h2-6H,7-8,17H2,1H3. The molecule has 0 bridgehead atoms. The highest BCUT2D eigenvalue weighted by Crippen LogP contribution is 2.32. The molecular weight excluding hydrogens is 283 g/mol. The van der Waals surface area contributed by atoms with Crippen molar-refractivity contribution >= 4 is 23.2 Å².